The molecular formula is C38H54O2. The second-order valence-electron chi connectivity index (χ2n) is 16.5. The van der Waals surface area contributed by atoms with Crippen LogP contribution >= 0.6 is 0 Å². The van der Waals surface area contributed by atoms with Crippen molar-refractivity contribution in [2.75, 3.05) is 7.11 Å². The van der Waals surface area contributed by atoms with Gasteiger partial charge in [-0.1, -0.05) is 65.8 Å². The normalized spacial score (nSPS) is 46.6. The van der Waals surface area contributed by atoms with Crippen LogP contribution in [0.5, 0.6) is 5.75 Å². The second kappa shape index (κ2) is 9.08. The van der Waals surface area contributed by atoms with Crippen molar-refractivity contribution in [3.63, 3.8) is 0 Å². The zero-order valence-electron chi connectivity index (χ0n) is 26.7. The van der Waals surface area contributed by atoms with Gasteiger partial charge in [-0.15, -0.1) is 0 Å². The van der Waals surface area contributed by atoms with Gasteiger partial charge in [0.15, 0.2) is 5.78 Å². The largest absolute Gasteiger partial charge is 0.497 e. The number of hydrogen-bond donors (Lipinski definition) is 0. The molecular weight excluding hydrogens is 488 g/mol. The van der Waals surface area contributed by atoms with Crippen molar-refractivity contribution in [1.82, 2.24) is 0 Å². The summed E-state index contributed by atoms with van der Waals surface area (Å²) in [6, 6.07) is 8.20. The molecule has 5 aliphatic rings. The minimum absolute atomic E-state index is 0.140. The summed E-state index contributed by atoms with van der Waals surface area (Å²) < 4.78 is 5.38. The summed E-state index contributed by atoms with van der Waals surface area (Å²) in [5.41, 5.74) is 4.55. The van der Waals surface area contributed by atoms with Crippen LogP contribution in [-0.4, -0.2) is 12.9 Å². The first-order valence-electron chi connectivity index (χ1n) is 16.3. The molecule has 0 aromatic heterocycles. The first-order chi connectivity index (χ1) is 18.7. The average molecular weight is 543 g/mol. The van der Waals surface area contributed by atoms with Gasteiger partial charge in [0, 0.05) is 5.41 Å². The number of rotatable bonds is 3. The molecule has 5 fully saturated rings. The minimum atomic E-state index is -0.327. The van der Waals surface area contributed by atoms with Crippen molar-refractivity contribution in [1.29, 1.82) is 0 Å². The van der Waals surface area contributed by atoms with Gasteiger partial charge < -0.3 is 4.74 Å². The molecule has 0 amide bonds. The highest BCUT2D eigenvalue weighted by Gasteiger charge is 2.70. The molecule has 0 bridgehead atoms. The van der Waals surface area contributed by atoms with E-state index >= 15 is 0 Å². The van der Waals surface area contributed by atoms with Crippen molar-refractivity contribution in [2.24, 2.45) is 56.7 Å². The molecule has 1 aromatic rings. The maximum atomic E-state index is 14.1. The lowest BCUT2D eigenvalue weighted by molar-refractivity contribution is -0.228. The van der Waals surface area contributed by atoms with E-state index in [1.54, 1.807) is 7.11 Å². The van der Waals surface area contributed by atoms with Crippen LogP contribution in [0.1, 0.15) is 112 Å². The lowest BCUT2D eigenvalue weighted by atomic mass is 9.32. The maximum Gasteiger partial charge on any atom is 0.164 e. The monoisotopic (exact) mass is 542 g/mol. The average Bonchev–Trinajstić information content (AvgIpc) is 3.26. The molecule has 9 atom stereocenters. The van der Waals surface area contributed by atoms with Crippen molar-refractivity contribution < 1.29 is 9.53 Å². The highest BCUT2D eigenvalue weighted by Crippen LogP contribution is 2.77. The highest BCUT2D eigenvalue weighted by atomic mass is 16.5. The van der Waals surface area contributed by atoms with Gasteiger partial charge in [0.05, 0.1) is 7.11 Å². The van der Waals surface area contributed by atoms with E-state index in [0.29, 0.717) is 39.8 Å². The van der Waals surface area contributed by atoms with E-state index in [4.69, 9.17) is 4.74 Å². The minimum Gasteiger partial charge on any atom is -0.497 e. The summed E-state index contributed by atoms with van der Waals surface area (Å²) >= 11 is 0. The summed E-state index contributed by atoms with van der Waals surface area (Å²) in [6.07, 6.45) is 13.7. The number of benzene rings is 1. The van der Waals surface area contributed by atoms with Crippen LogP contribution in [0.2, 0.25) is 0 Å². The fraction of sp³-hybridized carbons (Fsp3) is 0.711. The molecule has 0 unspecified atom stereocenters. The topological polar surface area (TPSA) is 26.3 Å². The Morgan fingerprint density at radius 3 is 2.23 bits per heavy atom. The number of Topliss-reactive ketones (excluding diaryl/α,β-unsaturated/α-hetero) is 1. The van der Waals surface area contributed by atoms with Gasteiger partial charge in [-0.05, 0) is 145 Å². The smallest absolute Gasteiger partial charge is 0.164 e. The van der Waals surface area contributed by atoms with Crippen molar-refractivity contribution in [2.45, 2.75) is 106 Å². The van der Waals surface area contributed by atoms with Crippen LogP contribution in [0, 0.1) is 56.7 Å². The van der Waals surface area contributed by atoms with E-state index in [2.05, 4.69) is 73.3 Å². The molecule has 0 aliphatic heterocycles. The van der Waals surface area contributed by atoms with Gasteiger partial charge in [0.25, 0.3) is 0 Å². The van der Waals surface area contributed by atoms with Gasteiger partial charge in [0.1, 0.15) is 5.75 Å². The molecule has 6 rings (SSSR count). The van der Waals surface area contributed by atoms with E-state index in [1.165, 1.54) is 56.9 Å². The summed E-state index contributed by atoms with van der Waals surface area (Å²) in [4.78, 5) is 14.1. The van der Waals surface area contributed by atoms with Crippen LogP contribution < -0.4 is 4.74 Å². The Morgan fingerprint density at radius 1 is 0.875 bits per heavy atom. The van der Waals surface area contributed by atoms with Gasteiger partial charge in [-0.2, -0.15) is 0 Å². The lowest BCUT2D eigenvalue weighted by Gasteiger charge is -2.72. The number of ether oxygens (including phenoxy) is 1. The molecule has 1 aromatic carbocycles. The van der Waals surface area contributed by atoms with Gasteiger partial charge >= 0.3 is 0 Å². The van der Waals surface area contributed by atoms with Crippen molar-refractivity contribution in [3.05, 3.63) is 47.6 Å². The zero-order chi connectivity index (χ0) is 28.9. The third-order valence-electron chi connectivity index (χ3n) is 14.5. The molecule has 0 spiro atoms. The first-order valence-corrected chi connectivity index (χ1v) is 16.3. The molecule has 5 aliphatic carbocycles. The Labute approximate surface area is 244 Å². The molecule has 0 saturated heterocycles. The van der Waals surface area contributed by atoms with E-state index in [0.717, 1.165) is 35.1 Å². The van der Waals surface area contributed by atoms with Gasteiger partial charge in [0.2, 0.25) is 0 Å². The predicted molar refractivity (Wildman–Crippen MR) is 166 cm³/mol. The fourth-order valence-corrected chi connectivity index (χ4v) is 12.4. The van der Waals surface area contributed by atoms with Crippen LogP contribution in [-0.2, 0) is 4.79 Å². The van der Waals surface area contributed by atoms with E-state index in [9.17, 15) is 4.79 Å². The van der Waals surface area contributed by atoms with E-state index in [1.807, 2.05) is 12.1 Å². The maximum absolute atomic E-state index is 14.1. The highest BCUT2D eigenvalue weighted by molar-refractivity contribution is 6.04. The molecule has 2 heteroatoms. The third-order valence-corrected chi connectivity index (χ3v) is 14.5. The number of methoxy groups -OCH3 is 1. The van der Waals surface area contributed by atoms with E-state index < -0.39 is 0 Å². The SMILES string of the molecule is C=C(C)[C@@H]1CC[C@]2(C)CC[C@]3(C)[C@H](CC[C@@H]4[C@@]5(C)C/C(=C/c6ccc(OC)cc6)C(=O)C(C)(C)[C@@H]5CC[C@@]43C)[C@@H]12. The lowest BCUT2D eigenvalue weighted by Crippen LogP contribution is -2.66. The van der Waals surface area contributed by atoms with Crippen molar-refractivity contribution in [3.8, 4) is 5.75 Å². The van der Waals surface area contributed by atoms with Crippen molar-refractivity contribution >= 4 is 11.9 Å². The number of hydrogen-bond acceptors (Lipinski definition) is 2. The van der Waals surface area contributed by atoms with E-state index in [-0.39, 0.29) is 10.8 Å². The number of fused-ring (bicyclic) bond motifs is 7. The third kappa shape index (κ3) is 3.69. The second-order valence-corrected chi connectivity index (χ2v) is 16.5. The summed E-state index contributed by atoms with van der Waals surface area (Å²) in [5, 5.41) is 0. The molecule has 0 N–H and O–H groups in total. The molecule has 5 saturated carbocycles. The van der Waals surface area contributed by atoms with Gasteiger partial charge in [-0.25, -0.2) is 0 Å². The molecule has 218 valence electrons. The van der Waals surface area contributed by atoms with Crippen LogP contribution in [0.4, 0.5) is 0 Å². The number of allylic oxidation sites excluding steroid dienone is 2. The Balaban J connectivity index is 1.39. The quantitative estimate of drug-likeness (QED) is 0.281. The van der Waals surface area contributed by atoms with Crippen LogP contribution in [0.25, 0.3) is 6.08 Å². The van der Waals surface area contributed by atoms with Crippen LogP contribution in [0.3, 0.4) is 0 Å². The summed E-state index contributed by atoms with van der Waals surface area (Å²) in [6.45, 7) is 22.0. The Morgan fingerprint density at radius 2 is 1.57 bits per heavy atom. The summed E-state index contributed by atoms with van der Waals surface area (Å²) in [5.74, 6) is 4.62. The molecule has 2 nitrogen and oxygen atoms in total. The first kappa shape index (κ1) is 28.3. The molecule has 40 heavy (non-hydrogen) atoms. The Bertz CT molecular complexity index is 1240. The zero-order valence-corrected chi connectivity index (χ0v) is 26.7. The Hall–Kier alpha value is -1.83. The standard InChI is InChI=1S/C38H54O2/c1-24(2)28-16-18-35(5)20-21-37(7)29(32(28)35)14-15-31-36(6)23-26(22-25-10-12-27(40-9)13-11-25)33(39)34(3,4)30(36)17-19-38(31,37)8/h10-13,22,28-32H,1,14-21,23H2,2-9H3/b26-22-/t28-,29+,30-,31+,32+,35+,36-,37+,38-/m0/s1. The molecule has 0 radical (unpaired) electrons. The summed E-state index contributed by atoms with van der Waals surface area (Å²) in [7, 11) is 1.70. The number of ketones is 1. The fourth-order valence-electron chi connectivity index (χ4n) is 12.4. The van der Waals surface area contributed by atoms with Crippen LogP contribution in [0.15, 0.2) is 42.0 Å². The number of carbonyl (C=O) groups excluding carboxylic acids is 1. The van der Waals surface area contributed by atoms with Gasteiger partial charge in [-0.3, -0.25) is 4.79 Å². The predicted octanol–water partition coefficient (Wildman–Crippen LogP) is 9.94. The molecule has 0 heterocycles. The Kier molecular flexibility index (Phi) is 6.43. The number of carbonyl (C=O) groups is 1.